The molecule has 14 heavy (non-hydrogen) atoms. The van der Waals surface area contributed by atoms with Crippen LogP contribution in [0, 0.1) is 0 Å². The first-order valence-corrected chi connectivity index (χ1v) is 4.84. The lowest BCUT2D eigenvalue weighted by molar-refractivity contribution is 0.0951. The first kappa shape index (κ1) is 9.48. The normalized spacial score (nSPS) is 22.7. The number of aryl methyl sites for hydroxylation is 1. The molecule has 5 heteroatoms. The molecule has 2 heterocycles. The van der Waals surface area contributed by atoms with Crippen LogP contribution in [-0.4, -0.2) is 41.9 Å². The van der Waals surface area contributed by atoms with Crippen molar-refractivity contribution in [3.63, 3.8) is 0 Å². The van der Waals surface area contributed by atoms with Crippen molar-refractivity contribution in [2.75, 3.05) is 31.2 Å². The number of rotatable bonds is 2. The van der Waals surface area contributed by atoms with Crippen LogP contribution in [-0.2, 0) is 11.8 Å². The Balaban J connectivity index is 2.19. The maximum Gasteiger partial charge on any atom is 0.205 e. The number of nitrogens with zero attached hydrogens (tertiary/aromatic N) is 3. The van der Waals surface area contributed by atoms with E-state index >= 15 is 0 Å². The van der Waals surface area contributed by atoms with Crippen molar-refractivity contribution < 1.29 is 4.74 Å². The highest BCUT2D eigenvalue weighted by Gasteiger charge is 2.24. The van der Waals surface area contributed by atoms with Crippen molar-refractivity contribution in [1.29, 1.82) is 0 Å². The molecular weight excluding hydrogens is 180 g/mol. The van der Waals surface area contributed by atoms with Crippen LogP contribution < -0.4 is 10.6 Å². The third-order valence-corrected chi connectivity index (χ3v) is 2.55. The molecule has 1 saturated heterocycles. The minimum atomic E-state index is 0.254. The zero-order chi connectivity index (χ0) is 9.97. The quantitative estimate of drug-likeness (QED) is 0.698. The topological polar surface area (TPSA) is 56.3 Å². The van der Waals surface area contributed by atoms with Gasteiger partial charge in [-0.15, -0.1) is 0 Å². The van der Waals surface area contributed by atoms with Crippen LogP contribution in [0.2, 0.25) is 0 Å². The molecule has 1 aromatic heterocycles. The Hall–Kier alpha value is -1.07. The second kappa shape index (κ2) is 3.98. The van der Waals surface area contributed by atoms with Crippen LogP contribution in [0.15, 0.2) is 12.4 Å². The average Bonchev–Trinajstić information content (AvgIpc) is 2.64. The third-order valence-electron chi connectivity index (χ3n) is 2.55. The summed E-state index contributed by atoms with van der Waals surface area (Å²) in [5, 5.41) is 0. The summed E-state index contributed by atoms with van der Waals surface area (Å²) in [5.41, 5.74) is 5.69. The van der Waals surface area contributed by atoms with E-state index in [9.17, 15) is 0 Å². The number of imidazole rings is 1. The van der Waals surface area contributed by atoms with Gasteiger partial charge in [0.05, 0.1) is 19.3 Å². The highest BCUT2D eigenvalue weighted by molar-refractivity contribution is 5.33. The van der Waals surface area contributed by atoms with Gasteiger partial charge in [0.15, 0.2) is 0 Å². The van der Waals surface area contributed by atoms with Crippen molar-refractivity contribution in [2.24, 2.45) is 12.8 Å². The fourth-order valence-electron chi connectivity index (χ4n) is 1.75. The monoisotopic (exact) mass is 196 g/mol. The number of hydrogen-bond donors (Lipinski definition) is 1. The molecule has 0 radical (unpaired) electrons. The SMILES string of the molecule is Cn1ccnc1N1CCOCC1CN. The summed E-state index contributed by atoms with van der Waals surface area (Å²) in [6.45, 7) is 2.92. The van der Waals surface area contributed by atoms with Gasteiger partial charge in [0.2, 0.25) is 5.95 Å². The smallest absolute Gasteiger partial charge is 0.205 e. The van der Waals surface area contributed by atoms with E-state index in [4.69, 9.17) is 10.5 Å². The Morgan fingerprint density at radius 3 is 3.21 bits per heavy atom. The van der Waals surface area contributed by atoms with Gasteiger partial charge in [0.25, 0.3) is 0 Å². The van der Waals surface area contributed by atoms with Crippen LogP contribution in [0.5, 0.6) is 0 Å². The van der Waals surface area contributed by atoms with Gasteiger partial charge in [-0.1, -0.05) is 0 Å². The molecule has 0 aliphatic carbocycles. The summed E-state index contributed by atoms with van der Waals surface area (Å²) in [5.74, 6) is 0.976. The summed E-state index contributed by atoms with van der Waals surface area (Å²) in [4.78, 5) is 6.53. The van der Waals surface area contributed by atoms with Crippen LogP contribution in [0.4, 0.5) is 5.95 Å². The van der Waals surface area contributed by atoms with E-state index in [1.807, 2.05) is 17.8 Å². The third kappa shape index (κ3) is 1.60. The summed E-state index contributed by atoms with van der Waals surface area (Å²) in [6, 6.07) is 0.254. The van der Waals surface area contributed by atoms with Gasteiger partial charge in [-0.05, 0) is 0 Å². The Morgan fingerprint density at radius 1 is 1.71 bits per heavy atom. The summed E-state index contributed by atoms with van der Waals surface area (Å²) in [7, 11) is 1.99. The Kier molecular flexibility index (Phi) is 2.69. The summed E-state index contributed by atoms with van der Waals surface area (Å²) in [6.07, 6.45) is 3.75. The molecule has 0 spiro atoms. The van der Waals surface area contributed by atoms with Crippen LogP contribution in [0.1, 0.15) is 0 Å². The minimum Gasteiger partial charge on any atom is -0.377 e. The van der Waals surface area contributed by atoms with Crippen LogP contribution in [0.25, 0.3) is 0 Å². The van der Waals surface area contributed by atoms with E-state index in [2.05, 4.69) is 9.88 Å². The van der Waals surface area contributed by atoms with Crippen LogP contribution >= 0.6 is 0 Å². The molecule has 1 aliphatic rings. The molecule has 0 aromatic carbocycles. The molecule has 2 N–H and O–H groups in total. The van der Waals surface area contributed by atoms with Crippen LogP contribution in [0.3, 0.4) is 0 Å². The lowest BCUT2D eigenvalue weighted by Gasteiger charge is -2.35. The van der Waals surface area contributed by atoms with E-state index in [0.29, 0.717) is 13.2 Å². The Labute approximate surface area is 83.5 Å². The van der Waals surface area contributed by atoms with E-state index < -0.39 is 0 Å². The van der Waals surface area contributed by atoms with Gasteiger partial charge in [-0.25, -0.2) is 4.98 Å². The lowest BCUT2D eigenvalue weighted by atomic mass is 10.2. The molecule has 1 aromatic rings. The van der Waals surface area contributed by atoms with E-state index in [1.165, 1.54) is 0 Å². The van der Waals surface area contributed by atoms with Gasteiger partial charge in [-0.3, -0.25) is 0 Å². The zero-order valence-corrected chi connectivity index (χ0v) is 8.39. The van der Waals surface area contributed by atoms with Gasteiger partial charge < -0.3 is 19.9 Å². The molecule has 0 bridgehead atoms. The maximum atomic E-state index is 5.69. The van der Waals surface area contributed by atoms with Crippen molar-refractivity contribution in [3.8, 4) is 0 Å². The fourth-order valence-corrected chi connectivity index (χ4v) is 1.75. The highest BCUT2D eigenvalue weighted by Crippen LogP contribution is 2.15. The number of ether oxygens (including phenoxy) is 1. The van der Waals surface area contributed by atoms with Crippen molar-refractivity contribution in [1.82, 2.24) is 9.55 Å². The number of anilines is 1. The number of morpholine rings is 1. The zero-order valence-electron chi connectivity index (χ0n) is 8.39. The van der Waals surface area contributed by atoms with Crippen molar-refractivity contribution in [2.45, 2.75) is 6.04 Å². The first-order valence-electron chi connectivity index (χ1n) is 4.84. The lowest BCUT2D eigenvalue weighted by Crippen LogP contribution is -2.50. The molecule has 1 fully saturated rings. The summed E-state index contributed by atoms with van der Waals surface area (Å²) < 4.78 is 7.39. The molecule has 1 atom stereocenters. The average molecular weight is 196 g/mol. The second-order valence-corrected chi connectivity index (χ2v) is 3.50. The predicted molar refractivity (Wildman–Crippen MR) is 54.2 cm³/mol. The Bertz CT molecular complexity index is 299. The number of nitrogens with two attached hydrogens (primary N) is 1. The molecule has 2 rings (SSSR count). The molecule has 0 amide bonds. The van der Waals surface area contributed by atoms with E-state index in [1.54, 1.807) is 6.20 Å². The number of aromatic nitrogens is 2. The second-order valence-electron chi connectivity index (χ2n) is 3.50. The maximum absolute atomic E-state index is 5.69. The largest absolute Gasteiger partial charge is 0.377 e. The van der Waals surface area contributed by atoms with E-state index in [0.717, 1.165) is 19.1 Å². The minimum absolute atomic E-state index is 0.254. The van der Waals surface area contributed by atoms with E-state index in [-0.39, 0.29) is 6.04 Å². The first-order chi connectivity index (χ1) is 6.83. The van der Waals surface area contributed by atoms with Gasteiger partial charge in [0.1, 0.15) is 0 Å². The standard InChI is InChI=1S/C9H16N4O/c1-12-3-2-11-9(12)13-4-5-14-7-8(13)6-10/h2-3,8H,4-7,10H2,1H3. The van der Waals surface area contributed by atoms with Gasteiger partial charge in [-0.2, -0.15) is 0 Å². The number of hydrogen-bond acceptors (Lipinski definition) is 4. The van der Waals surface area contributed by atoms with Gasteiger partial charge >= 0.3 is 0 Å². The Morgan fingerprint density at radius 2 is 2.57 bits per heavy atom. The molecular formula is C9H16N4O. The fraction of sp³-hybridized carbons (Fsp3) is 0.667. The molecule has 78 valence electrons. The molecule has 1 aliphatic heterocycles. The highest BCUT2D eigenvalue weighted by atomic mass is 16.5. The van der Waals surface area contributed by atoms with Crippen molar-refractivity contribution in [3.05, 3.63) is 12.4 Å². The predicted octanol–water partition coefficient (Wildman–Crippen LogP) is -0.416. The molecule has 1 unspecified atom stereocenters. The molecule has 0 saturated carbocycles. The van der Waals surface area contributed by atoms with Gasteiger partial charge in [0, 0.05) is 32.5 Å². The molecule has 5 nitrogen and oxygen atoms in total. The summed E-state index contributed by atoms with van der Waals surface area (Å²) >= 11 is 0. The van der Waals surface area contributed by atoms with Crippen molar-refractivity contribution >= 4 is 5.95 Å².